The van der Waals surface area contributed by atoms with E-state index >= 15 is 0 Å². The van der Waals surface area contributed by atoms with Crippen LogP contribution in [0.15, 0.2) is 17.1 Å². The standard InChI is InChI=1S/C13H22N4O2/c1-4-10(5-2)16-12(18)9-17-13(19)7-11(8-15-17)14-6-3/h7-8,10,14H,4-6,9H2,1-3H3,(H,16,18). The molecule has 1 aromatic heterocycles. The van der Waals surface area contributed by atoms with E-state index in [0.717, 1.165) is 19.4 Å². The molecule has 19 heavy (non-hydrogen) atoms. The van der Waals surface area contributed by atoms with Crippen molar-refractivity contribution in [2.45, 2.75) is 46.2 Å². The third-order valence-corrected chi connectivity index (χ3v) is 2.89. The van der Waals surface area contributed by atoms with Crippen molar-refractivity contribution < 1.29 is 4.79 Å². The van der Waals surface area contributed by atoms with Crippen LogP contribution in [0.1, 0.15) is 33.6 Å². The Morgan fingerprint density at radius 3 is 2.58 bits per heavy atom. The van der Waals surface area contributed by atoms with Crippen LogP contribution in [0, 0.1) is 0 Å². The van der Waals surface area contributed by atoms with E-state index in [0.29, 0.717) is 5.69 Å². The monoisotopic (exact) mass is 266 g/mol. The summed E-state index contributed by atoms with van der Waals surface area (Å²) in [5.41, 5.74) is 0.391. The van der Waals surface area contributed by atoms with E-state index in [9.17, 15) is 9.59 Å². The van der Waals surface area contributed by atoms with E-state index in [1.165, 1.54) is 10.7 Å². The SMILES string of the molecule is CCNc1cnn(CC(=O)NC(CC)CC)c(=O)c1. The maximum Gasteiger partial charge on any atom is 0.269 e. The van der Waals surface area contributed by atoms with Gasteiger partial charge in [0.2, 0.25) is 5.91 Å². The van der Waals surface area contributed by atoms with Crippen molar-refractivity contribution in [3.8, 4) is 0 Å². The van der Waals surface area contributed by atoms with Gasteiger partial charge in [0.1, 0.15) is 6.54 Å². The molecule has 1 amide bonds. The summed E-state index contributed by atoms with van der Waals surface area (Å²) in [4.78, 5) is 23.5. The molecule has 0 aliphatic carbocycles. The Hall–Kier alpha value is -1.85. The molecule has 6 nitrogen and oxygen atoms in total. The minimum Gasteiger partial charge on any atom is -0.384 e. The van der Waals surface area contributed by atoms with Crippen LogP contribution >= 0.6 is 0 Å². The molecule has 0 spiro atoms. The maximum absolute atomic E-state index is 11.8. The Kier molecular flexibility index (Phi) is 6.05. The van der Waals surface area contributed by atoms with E-state index in [-0.39, 0.29) is 24.1 Å². The minimum absolute atomic E-state index is 0.0399. The maximum atomic E-state index is 11.8. The molecule has 0 unspecified atom stereocenters. The van der Waals surface area contributed by atoms with Crippen molar-refractivity contribution in [2.24, 2.45) is 0 Å². The fourth-order valence-electron chi connectivity index (χ4n) is 1.76. The molecule has 0 radical (unpaired) electrons. The van der Waals surface area contributed by atoms with Gasteiger partial charge in [-0.05, 0) is 19.8 Å². The molecule has 6 heteroatoms. The number of anilines is 1. The zero-order valence-corrected chi connectivity index (χ0v) is 11.8. The Balaban J connectivity index is 2.67. The van der Waals surface area contributed by atoms with Crippen LogP contribution in [0.2, 0.25) is 0 Å². The van der Waals surface area contributed by atoms with Crippen LogP contribution in [0.5, 0.6) is 0 Å². The number of rotatable bonds is 7. The number of nitrogens with one attached hydrogen (secondary N) is 2. The lowest BCUT2D eigenvalue weighted by Gasteiger charge is -2.14. The molecule has 0 saturated carbocycles. The van der Waals surface area contributed by atoms with Gasteiger partial charge in [0.05, 0.1) is 11.9 Å². The predicted octanol–water partition coefficient (Wildman–Crippen LogP) is 0.980. The summed E-state index contributed by atoms with van der Waals surface area (Å²) in [7, 11) is 0. The van der Waals surface area contributed by atoms with E-state index in [2.05, 4.69) is 15.7 Å². The fourth-order valence-corrected chi connectivity index (χ4v) is 1.76. The summed E-state index contributed by atoms with van der Waals surface area (Å²) < 4.78 is 1.17. The van der Waals surface area contributed by atoms with Crippen LogP contribution in [0.4, 0.5) is 5.69 Å². The first-order chi connectivity index (χ1) is 9.10. The summed E-state index contributed by atoms with van der Waals surface area (Å²) in [5.74, 6) is -0.181. The van der Waals surface area contributed by atoms with Gasteiger partial charge < -0.3 is 10.6 Å². The van der Waals surface area contributed by atoms with Gasteiger partial charge in [-0.2, -0.15) is 5.10 Å². The predicted molar refractivity (Wildman–Crippen MR) is 75.2 cm³/mol. The lowest BCUT2D eigenvalue weighted by Crippen LogP contribution is -2.38. The molecule has 1 aromatic rings. The molecule has 0 saturated heterocycles. The Labute approximate surface area is 113 Å². The van der Waals surface area contributed by atoms with E-state index in [4.69, 9.17) is 0 Å². The normalized spacial score (nSPS) is 10.5. The number of aromatic nitrogens is 2. The van der Waals surface area contributed by atoms with Crippen molar-refractivity contribution >= 4 is 11.6 Å². The van der Waals surface area contributed by atoms with Gasteiger partial charge in [0.25, 0.3) is 5.56 Å². The van der Waals surface area contributed by atoms with Gasteiger partial charge in [-0.3, -0.25) is 9.59 Å². The topological polar surface area (TPSA) is 76.0 Å². The number of nitrogens with zero attached hydrogens (tertiary/aromatic N) is 2. The molecule has 0 bridgehead atoms. The van der Waals surface area contributed by atoms with Crippen molar-refractivity contribution in [1.29, 1.82) is 0 Å². The first-order valence-electron chi connectivity index (χ1n) is 6.71. The van der Waals surface area contributed by atoms with Gasteiger partial charge >= 0.3 is 0 Å². The van der Waals surface area contributed by atoms with Crippen molar-refractivity contribution in [1.82, 2.24) is 15.1 Å². The Morgan fingerprint density at radius 1 is 1.37 bits per heavy atom. The molecular formula is C13H22N4O2. The Morgan fingerprint density at radius 2 is 2.05 bits per heavy atom. The minimum atomic E-state index is -0.279. The van der Waals surface area contributed by atoms with Gasteiger partial charge in [0.15, 0.2) is 0 Å². The number of amides is 1. The molecule has 106 valence electrons. The van der Waals surface area contributed by atoms with Gasteiger partial charge in [0, 0.05) is 18.7 Å². The first-order valence-corrected chi connectivity index (χ1v) is 6.71. The molecular weight excluding hydrogens is 244 g/mol. The van der Waals surface area contributed by atoms with Crippen LogP contribution in [0.25, 0.3) is 0 Å². The summed E-state index contributed by atoms with van der Waals surface area (Å²) in [6, 6.07) is 1.60. The number of hydrogen-bond acceptors (Lipinski definition) is 4. The number of carbonyl (C=O) groups is 1. The molecule has 1 rings (SSSR count). The van der Waals surface area contributed by atoms with Crippen LogP contribution in [-0.4, -0.2) is 28.3 Å². The zero-order valence-electron chi connectivity index (χ0n) is 11.8. The second kappa shape index (κ2) is 7.56. The van der Waals surface area contributed by atoms with Crippen LogP contribution in [0.3, 0.4) is 0 Å². The average Bonchev–Trinajstić information content (AvgIpc) is 2.39. The molecule has 2 N–H and O–H groups in total. The first kappa shape index (κ1) is 15.2. The molecule has 0 aliphatic heterocycles. The zero-order chi connectivity index (χ0) is 14.3. The van der Waals surface area contributed by atoms with Crippen molar-refractivity contribution in [2.75, 3.05) is 11.9 Å². The van der Waals surface area contributed by atoms with E-state index < -0.39 is 0 Å². The molecule has 0 aromatic carbocycles. The van der Waals surface area contributed by atoms with Gasteiger partial charge in [-0.15, -0.1) is 0 Å². The number of carbonyl (C=O) groups excluding carboxylic acids is 1. The largest absolute Gasteiger partial charge is 0.384 e. The van der Waals surface area contributed by atoms with E-state index in [1.54, 1.807) is 6.20 Å². The van der Waals surface area contributed by atoms with Crippen molar-refractivity contribution in [3.05, 3.63) is 22.6 Å². The fraction of sp³-hybridized carbons (Fsp3) is 0.615. The molecule has 1 heterocycles. The third-order valence-electron chi connectivity index (χ3n) is 2.89. The average molecular weight is 266 g/mol. The lowest BCUT2D eigenvalue weighted by atomic mass is 10.2. The van der Waals surface area contributed by atoms with Crippen LogP contribution in [-0.2, 0) is 11.3 Å². The third kappa shape index (κ3) is 4.73. The van der Waals surface area contributed by atoms with Gasteiger partial charge in [-0.25, -0.2) is 4.68 Å². The summed E-state index contributed by atoms with van der Waals surface area (Å²) >= 11 is 0. The quantitative estimate of drug-likeness (QED) is 0.771. The van der Waals surface area contributed by atoms with Gasteiger partial charge in [-0.1, -0.05) is 13.8 Å². The van der Waals surface area contributed by atoms with Crippen LogP contribution < -0.4 is 16.2 Å². The lowest BCUT2D eigenvalue weighted by molar-refractivity contribution is -0.122. The summed E-state index contributed by atoms with van der Waals surface area (Å²) in [5, 5.41) is 9.86. The summed E-state index contributed by atoms with van der Waals surface area (Å²) in [6.45, 7) is 6.66. The number of hydrogen-bond donors (Lipinski definition) is 2. The van der Waals surface area contributed by atoms with E-state index in [1.807, 2.05) is 20.8 Å². The Bertz CT molecular complexity index is 466. The highest BCUT2D eigenvalue weighted by molar-refractivity contribution is 5.75. The second-order valence-corrected chi connectivity index (χ2v) is 4.35. The highest BCUT2D eigenvalue weighted by Crippen LogP contribution is 1.99. The smallest absolute Gasteiger partial charge is 0.269 e. The molecule has 0 atom stereocenters. The second-order valence-electron chi connectivity index (χ2n) is 4.35. The highest BCUT2D eigenvalue weighted by atomic mass is 16.2. The summed E-state index contributed by atoms with van der Waals surface area (Å²) in [6.07, 6.45) is 3.31. The highest BCUT2D eigenvalue weighted by Gasteiger charge is 2.10. The molecule has 0 fully saturated rings. The van der Waals surface area contributed by atoms with Crippen molar-refractivity contribution in [3.63, 3.8) is 0 Å². The molecule has 0 aliphatic rings.